The first-order valence-corrected chi connectivity index (χ1v) is 8.91. The van der Waals surface area contributed by atoms with Crippen LogP contribution in [-0.4, -0.2) is 30.4 Å². The summed E-state index contributed by atoms with van der Waals surface area (Å²) in [4.78, 5) is 11.8. The Labute approximate surface area is 153 Å². The van der Waals surface area contributed by atoms with Crippen LogP contribution in [-0.2, 0) is 4.79 Å². The Morgan fingerprint density at radius 3 is 2.46 bits per heavy atom. The summed E-state index contributed by atoms with van der Waals surface area (Å²) in [6, 6.07) is 12.7. The van der Waals surface area contributed by atoms with Gasteiger partial charge in [0.05, 0.1) is 12.4 Å². The number of benzene rings is 2. The maximum Gasteiger partial charge on any atom is 0.573 e. The van der Waals surface area contributed by atoms with Crippen LogP contribution >= 0.6 is 11.8 Å². The van der Waals surface area contributed by atoms with Crippen molar-refractivity contribution in [2.45, 2.75) is 13.3 Å². The molecule has 26 heavy (non-hydrogen) atoms. The molecule has 140 valence electrons. The predicted octanol–water partition coefficient (Wildman–Crippen LogP) is 4.64. The average Bonchev–Trinajstić information content (AvgIpc) is 2.56. The lowest BCUT2D eigenvalue weighted by Crippen LogP contribution is -2.17. The lowest BCUT2D eigenvalue weighted by Gasteiger charge is -2.10. The van der Waals surface area contributed by atoms with Gasteiger partial charge in [-0.05, 0) is 42.8 Å². The van der Waals surface area contributed by atoms with Crippen LogP contribution in [0.5, 0.6) is 11.5 Å². The number of para-hydroxylation sites is 1. The van der Waals surface area contributed by atoms with Crippen LogP contribution in [0.2, 0.25) is 0 Å². The minimum Gasteiger partial charge on any atom is -0.492 e. The van der Waals surface area contributed by atoms with Gasteiger partial charge < -0.3 is 14.8 Å². The normalized spacial score (nSPS) is 11.1. The number of hydrogen-bond donors (Lipinski definition) is 1. The van der Waals surface area contributed by atoms with E-state index in [9.17, 15) is 18.0 Å². The number of hydrogen-bond acceptors (Lipinski definition) is 4. The summed E-state index contributed by atoms with van der Waals surface area (Å²) < 4.78 is 45.6. The van der Waals surface area contributed by atoms with E-state index in [0.717, 1.165) is 23.4 Å². The molecule has 0 aliphatic rings. The summed E-state index contributed by atoms with van der Waals surface area (Å²) in [5.74, 6) is 1.10. The lowest BCUT2D eigenvalue weighted by atomic mass is 10.2. The third-order valence-corrected chi connectivity index (χ3v) is 4.11. The molecule has 0 bridgehead atoms. The summed E-state index contributed by atoms with van der Waals surface area (Å²) in [7, 11) is 0. The lowest BCUT2D eigenvalue weighted by molar-refractivity contribution is -0.274. The van der Waals surface area contributed by atoms with Crippen molar-refractivity contribution >= 4 is 23.4 Å². The Morgan fingerprint density at radius 1 is 1.12 bits per heavy atom. The quantitative estimate of drug-likeness (QED) is 0.673. The van der Waals surface area contributed by atoms with Crippen molar-refractivity contribution in [3.05, 3.63) is 54.1 Å². The Kier molecular flexibility index (Phi) is 7.20. The molecule has 8 heteroatoms. The van der Waals surface area contributed by atoms with Crippen LogP contribution in [0.15, 0.2) is 48.5 Å². The van der Waals surface area contributed by atoms with Crippen LogP contribution < -0.4 is 14.8 Å². The number of aryl methyl sites for hydroxylation is 1. The smallest absolute Gasteiger partial charge is 0.492 e. The molecule has 0 aliphatic carbocycles. The molecule has 0 saturated carbocycles. The Balaban J connectivity index is 1.66. The molecule has 0 atom stereocenters. The number of nitrogens with one attached hydrogen (secondary N) is 1. The van der Waals surface area contributed by atoms with Crippen molar-refractivity contribution in [1.82, 2.24) is 0 Å². The summed E-state index contributed by atoms with van der Waals surface area (Å²) in [6.45, 7) is 2.44. The van der Waals surface area contributed by atoms with Crippen molar-refractivity contribution in [2.24, 2.45) is 0 Å². The zero-order valence-electron chi connectivity index (χ0n) is 14.0. The van der Waals surface area contributed by atoms with Gasteiger partial charge in [0.1, 0.15) is 11.5 Å². The number of amides is 1. The first-order valence-electron chi connectivity index (χ1n) is 7.75. The van der Waals surface area contributed by atoms with E-state index in [1.165, 1.54) is 23.9 Å². The van der Waals surface area contributed by atoms with Crippen molar-refractivity contribution < 1.29 is 27.4 Å². The SMILES string of the molecule is Cc1ccccc1OCCSCC(=O)Nc1ccc(OC(F)(F)F)cc1. The van der Waals surface area contributed by atoms with Crippen molar-refractivity contribution in [1.29, 1.82) is 0 Å². The van der Waals surface area contributed by atoms with E-state index in [1.807, 2.05) is 31.2 Å². The van der Waals surface area contributed by atoms with E-state index >= 15 is 0 Å². The van der Waals surface area contributed by atoms with Gasteiger partial charge in [-0.2, -0.15) is 0 Å². The highest BCUT2D eigenvalue weighted by atomic mass is 32.2. The highest BCUT2D eigenvalue weighted by molar-refractivity contribution is 7.99. The highest BCUT2D eigenvalue weighted by Gasteiger charge is 2.30. The molecule has 1 N–H and O–H groups in total. The highest BCUT2D eigenvalue weighted by Crippen LogP contribution is 2.24. The molecule has 0 aliphatic heterocycles. The first-order chi connectivity index (χ1) is 12.3. The van der Waals surface area contributed by atoms with Crippen LogP contribution in [0.3, 0.4) is 0 Å². The van der Waals surface area contributed by atoms with Crippen LogP contribution in [0.1, 0.15) is 5.56 Å². The third kappa shape index (κ3) is 7.26. The number of carbonyl (C=O) groups is 1. The number of rotatable bonds is 8. The minimum absolute atomic E-state index is 0.220. The summed E-state index contributed by atoms with van der Waals surface area (Å²) >= 11 is 1.41. The third-order valence-electron chi connectivity index (χ3n) is 3.18. The van der Waals surface area contributed by atoms with Gasteiger partial charge in [0.15, 0.2) is 0 Å². The number of carbonyl (C=O) groups excluding carboxylic acids is 1. The van der Waals surface area contributed by atoms with Gasteiger partial charge in [0, 0.05) is 11.4 Å². The summed E-state index contributed by atoms with van der Waals surface area (Å²) in [5, 5.41) is 2.61. The number of halogens is 3. The van der Waals surface area contributed by atoms with Gasteiger partial charge in [0.2, 0.25) is 5.91 Å². The second-order valence-corrected chi connectivity index (χ2v) is 6.39. The molecule has 0 fully saturated rings. The number of alkyl halides is 3. The molecule has 2 aromatic carbocycles. The van der Waals surface area contributed by atoms with Crippen LogP contribution in [0.4, 0.5) is 18.9 Å². The molecule has 2 aromatic rings. The van der Waals surface area contributed by atoms with Gasteiger partial charge in [0.25, 0.3) is 0 Å². The molecule has 0 radical (unpaired) electrons. The average molecular weight is 385 g/mol. The van der Waals surface area contributed by atoms with E-state index in [0.29, 0.717) is 18.0 Å². The zero-order valence-corrected chi connectivity index (χ0v) is 14.8. The van der Waals surface area contributed by atoms with E-state index in [4.69, 9.17) is 4.74 Å². The van der Waals surface area contributed by atoms with E-state index < -0.39 is 6.36 Å². The Bertz CT molecular complexity index is 720. The molecule has 0 spiro atoms. The fourth-order valence-corrected chi connectivity index (χ4v) is 2.63. The fourth-order valence-electron chi connectivity index (χ4n) is 2.03. The van der Waals surface area contributed by atoms with Crippen molar-refractivity contribution in [3.63, 3.8) is 0 Å². The van der Waals surface area contributed by atoms with Gasteiger partial charge in [-0.15, -0.1) is 24.9 Å². The van der Waals surface area contributed by atoms with Crippen molar-refractivity contribution in [2.75, 3.05) is 23.4 Å². The van der Waals surface area contributed by atoms with Crippen LogP contribution in [0.25, 0.3) is 0 Å². The molecule has 0 saturated heterocycles. The first kappa shape index (κ1) is 20.0. The van der Waals surface area contributed by atoms with E-state index in [1.54, 1.807) is 0 Å². The minimum atomic E-state index is -4.73. The van der Waals surface area contributed by atoms with Gasteiger partial charge >= 0.3 is 6.36 Å². The standard InChI is InChI=1S/C18H18F3NO3S/c1-13-4-2-3-5-16(13)24-10-11-26-12-17(23)22-14-6-8-15(9-7-14)25-18(19,20)21/h2-9H,10-12H2,1H3,(H,22,23). The molecule has 2 rings (SSSR count). The Hall–Kier alpha value is -2.35. The zero-order chi connectivity index (χ0) is 19.0. The van der Waals surface area contributed by atoms with Gasteiger partial charge in [-0.3, -0.25) is 4.79 Å². The molecular formula is C18H18F3NO3S. The number of ether oxygens (including phenoxy) is 2. The monoisotopic (exact) mass is 385 g/mol. The molecular weight excluding hydrogens is 367 g/mol. The summed E-state index contributed by atoms with van der Waals surface area (Å²) in [5.41, 5.74) is 1.45. The Morgan fingerprint density at radius 2 is 1.81 bits per heavy atom. The number of anilines is 1. The second-order valence-electron chi connectivity index (χ2n) is 5.29. The predicted molar refractivity (Wildman–Crippen MR) is 95.8 cm³/mol. The topological polar surface area (TPSA) is 47.6 Å². The van der Waals surface area contributed by atoms with E-state index in [-0.39, 0.29) is 17.4 Å². The molecule has 0 unspecified atom stereocenters. The second kappa shape index (κ2) is 9.38. The van der Waals surface area contributed by atoms with Crippen LogP contribution in [0, 0.1) is 6.92 Å². The molecule has 0 aromatic heterocycles. The largest absolute Gasteiger partial charge is 0.573 e. The van der Waals surface area contributed by atoms with Gasteiger partial charge in [-0.25, -0.2) is 0 Å². The van der Waals surface area contributed by atoms with E-state index in [2.05, 4.69) is 10.1 Å². The fraction of sp³-hybridized carbons (Fsp3) is 0.278. The molecule has 1 amide bonds. The van der Waals surface area contributed by atoms with Crippen molar-refractivity contribution in [3.8, 4) is 11.5 Å². The summed E-state index contributed by atoms with van der Waals surface area (Å²) in [6.07, 6.45) is -4.73. The molecule has 4 nitrogen and oxygen atoms in total. The van der Waals surface area contributed by atoms with Gasteiger partial charge in [-0.1, -0.05) is 18.2 Å². The number of thioether (sulfide) groups is 1. The maximum absolute atomic E-state index is 12.1. The molecule has 0 heterocycles. The maximum atomic E-state index is 12.1.